The predicted octanol–water partition coefficient (Wildman–Crippen LogP) is 17.1. The van der Waals surface area contributed by atoms with Crippen LogP contribution in [0, 0.1) is 0 Å². The van der Waals surface area contributed by atoms with Gasteiger partial charge in [0.25, 0.3) is 6.71 Å². The minimum atomic E-state index is -2.36. The van der Waals surface area contributed by atoms with Gasteiger partial charge < -0.3 is 14.7 Å². The lowest BCUT2D eigenvalue weighted by atomic mass is 9.33. The number of hydrogen-bond donors (Lipinski definition) is 0. The van der Waals surface area contributed by atoms with E-state index in [2.05, 4.69) is 284 Å². The van der Waals surface area contributed by atoms with Crippen molar-refractivity contribution in [2.45, 2.75) is 169 Å². The van der Waals surface area contributed by atoms with Crippen LogP contribution in [0.5, 0.6) is 0 Å². The highest BCUT2D eigenvalue weighted by Gasteiger charge is 2.50. The topological polar surface area (TPSA) is 9.72 Å². The van der Waals surface area contributed by atoms with Crippen LogP contribution in [0.3, 0.4) is 0 Å². The molecule has 0 aromatic heterocycles. The zero-order chi connectivity index (χ0) is 54.9. The van der Waals surface area contributed by atoms with E-state index in [4.69, 9.17) is 0 Å². The number of anilines is 9. The van der Waals surface area contributed by atoms with Crippen molar-refractivity contribution in [2.75, 3.05) is 14.7 Å². The Morgan fingerprint density at radius 3 is 1.58 bits per heavy atom. The minimum absolute atomic E-state index is 0.000798. The average Bonchev–Trinajstić information content (AvgIpc) is 3.56. The van der Waals surface area contributed by atoms with E-state index in [9.17, 15) is 0 Å². The van der Waals surface area contributed by atoms with Crippen LogP contribution in [-0.2, 0) is 32.5 Å². The fraction of sp³-hybridized carbons (Fsp3) is 0.361. The first kappa shape index (κ1) is 51.5. The Kier molecular flexibility index (Phi) is 11.3. The summed E-state index contributed by atoms with van der Waals surface area (Å²) in [5, 5.41) is 5.53. The van der Waals surface area contributed by atoms with Crippen LogP contribution >= 0.6 is 0 Å². The highest BCUT2D eigenvalue weighted by Crippen LogP contribution is 2.52. The van der Waals surface area contributed by atoms with Crippen LogP contribution in [0.1, 0.15) is 157 Å². The highest BCUT2D eigenvalue weighted by atomic mass is 28.3. The molecule has 392 valence electrons. The third-order valence-corrected chi connectivity index (χ3v) is 22.1. The normalized spacial score (nSPS) is 16.8. The predicted molar refractivity (Wildman–Crippen MR) is 339 cm³/mol. The Labute approximate surface area is 463 Å². The molecule has 77 heavy (non-hydrogen) atoms. The van der Waals surface area contributed by atoms with Gasteiger partial charge in [-0.15, -0.1) is 0 Å². The molecule has 0 saturated heterocycles. The lowest BCUT2D eigenvalue weighted by Crippen LogP contribution is -2.68. The van der Waals surface area contributed by atoms with Crippen molar-refractivity contribution >= 4 is 104 Å². The second kappa shape index (κ2) is 16.9. The number of nitrogens with zero attached hydrogens (tertiary/aromatic N) is 3. The second-order valence-corrected chi connectivity index (χ2v) is 33.8. The summed E-state index contributed by atoms with van der Waals surface area (Å²) >= 11 is 0. The standard InChI is InChI=1S/C72H82BN3Si/c1-67(2,3)47-24-29-51(30-25-47)75-59-33-26-48(68(4,5)6)38-57(59)73-58-39-50(70(10,11)12)41-64-66(58)76(60-34-27-49(69(7,8)9)40-63(60)77(64,17)18)62-44-54(43-61(75)65(62)73)74(52-28-23-45-21-19-20-22-46(45)37-52)53-31-32-55-56(42-53)72(15,16)36-35-71(55,13)14/h19-34,37-44H,35-36H2,1-18H3. The van der Waals surface area contributed by atoms with Gasteiger partial charge in [0.15, 0.2) is 0 Å². The van der Waals surface area contributed by atoms with E-state index in [1.807, 2.05) is 0 Å². The van der Waals surface area contributed by atoms with Gasteiger partial charge in [-0.3, -0.25) is 0 Å². The molecule has 3 nitrogen and oxygen atoms in total. The van der Waals surface area contributed by atoms with Gasteiger partial charge in [0.1, 0.15) is 8.07 Å². The zero-order valence-corrected chi connectivity index (χ0v) is 50.7. The van der Waals surface area contributed by atoms with Crippen molar-refractivity contribution in [3.63, 3.8) is 0 Å². The Hall–Kier alpha value is -6.30. The van der Waals surface area contributed by atoms with E-state index >= 15 is 0 Å². The lowest BCUT2D eigenvalue weighted by molar-refractivity contribution is 0.332. The molecular formula is C72H82BN3Si. The van der Waals surface area contributed by atoms with Gasteiger partial charge in [-0.05, 0) is 177 Å². The number of fused-ring (bicyclic) bond motifs is 8. The van der Waals surface area contributed by atoms with Crippen molar-refractivity contribution in [1.29, 1.82) is 0 Å². The highest BCUT2D eigenvalue weighted by molar-refractivity contribution is 7.06. The van der Waals surface area contributed by atoms with E-state index in [-0.39, 0.29) is 39.2 Å². The molecule has 0 radical (unpaired) electrons. The molecular weight excluding hydrogens is 946 g/mol. The smallest absolute Gasteiger partial charge is 0.252 e. The summed E-state index contributed by atoms with van der Waals surface area (Å²) in [6, 6.07) is 58.4. The first-order chi connectivity index (χ1) is 35.9. The molecule has 4 aliphatic rings. The minimum Gasteiger partial charge on any atom is -0.312 e. The van der Waals surface area contributed by atoms with Gasteiger partial charge >= 0.3 is 0 Å². The summed E-state index contributed by atoms with van der Waals surface area (Å²) in [6.07, 6.45) is 2.33. The molecule has 0 fully saturated rings. The molecule has 3 aliphatic heterocycles. The van der Waals surface area contributed by atoms with Crippen LogP contribution < -0.4 is 41.5 Å². The fourth-order valence-electron chi connectivity index (χ4n) is 13.6. The van der Waals surface area contributed by atoms with E-state index in [0.717, 1.165) is 17.8 Å². The molecule has 1 aliphatic carbocycles. The van der Waals surface area contributed by atoms with Crippen LogP contribution in [0.4, 0.5) is 51.2 Å². The van der Waals surface area contributed by atoms with E-state index in [0.29, 0.717) is 0 Å². The molecule has 8 aromatic carbocycles. The van der Waals surface area contributed by atoms with Crippen molar-refractivity contribution in [3.8, 4) is 0 Å². The maximum atomic E-state index is 2.76. The molecule has 12 rings (SSSR count). The number of hydrogen-bond acceptors (Lipinski definition) is 3. The van der Waals surface area contributed by atoms with Gasteiger partial charge in [-0.1, -0.05) is 209 Å². The zero-order valence-electron chi connectivity index (χ0n) is 49.7. The van der Waals surface area contributed by atoms with Gasteiger partial charge in [0.2, 0.25) is 0 Å². The Morgan fingerprint density at radius 1 is 0.429 bits per heavy atom. The summed E-state index contributed by atoms with van der Waals surface area (Å²) in [6.45, 7) is 43.5. The molecule has 5 heteroatoms. The maximum absolute atomic E-state index is 2.76. The average molecular weight is 1030 g/mol. The first-order valence-corrected chi connectivity index (χ1v) is 31.7. The van der Waals surface area contributed by atoms with Crippen LogP contribution in [0.25, 0.3) is 10.8 Å². The monoisotopic (exact) mass is 1030 g/mol. The van der Waals surface area contributed by atoms with Crippen molar-refractivity contribution in [1.82, 2.24) is 0 Å². The Bertz CT molecular complexity index is 3730. The fourth-order valence-corrected chi connectivity index (χ4v) is 16.6. The van der Waals surface area contributed by atoms with E-state index in [1.54, 1.807) is 0 Å². The van der Waals surface area contributed by atoms with E-state index in [1.165, 1.54) is 117 Å². The molecule has 8 aromatic rings. The summed E-state index contributed by atoms with van der Waals surface area (Å²) in [5.41, 5.74) is 23.8. The number of benzene rings is 8. The SMILES string of the molecule is CC(C)(C)c1ccc(N2c3ccc(C(C)(C)C)cc3B3c4cc(C(C)(C)C)cc5c4N(c4ccc(C(C)(C)C)cc4[Si]5(C)C)c4cc(N(c5ccc6c(c5)C(C)(C)CCC6(C)C)c5ccc6ccccc6c5)cc2c43)cc1. The molecule has 0 saturated carbocycles. The molecule has 0 atom stereocenters. The van der Waals surface area contributed by atoms with Crippen LogP contribution in [-0.4, -0.2) is 14.8 Å². The summed E-state index contributed by atoms with van der Waals surface area (Å²) < 4.78 is 0. The second-order valence-electron chi connectivity index (χ2n) is 29.5. The molecule has 0 unspecified atom stereocenters. The van der Waals surface area contributed by atoms with Gasteiger partial charge in [-0.2, -0.15) is 0 Å². The first-order valence-electron chi connectivity index (χ1n) is 28.7. The molecule has 0 bridgehead atoms. The molecule has 0 amide bonds. The Balaban J connectivity index is 1.25. The summed E-state index contributed by atoms with van der Waals surface area (Å²) in [7, 11) is -2.36. The summed E-state index contributed by atoms with van der Waals surface area (Å²) in [5.74, 6) is 0. The van der Waals surface area contributed by atoms with Crippen molar-refractivity contribution in [2.24, 2.45) is 0 Å². The lowest BCUT2D eigenvalue weighted by Gasteiger charge is -2.50. The van der Waals surface area contributed by atoms with Crippen molar-refractivity contribution in [3.05, 3.63) is 179 Å². The van der Waals surface area contributed by atoms with Crippen LogP contribution in [0.15, 0.2) is 146 Å². The Morgan fingerprint density at radius 2 is 0.948 bits per heavy atom. The molecule has 3 heterocycles. The van der Waals surface area contributed by atoms with Crippen molar-refractivity contribution < 1.29 is 0 Å². The third-order valence-electron chi connectivity index (χ3n) is 18.7. The maximum Gasteiger partial charge on any atom is 0.252 e. The number of rotatable bonds is 4. The van der Waals surface area contributed by atoms with Crippen LogP contribution in [0.2, 0.25) is 13.1 Å². The quantitative estimate of drug-likeness (QED) is 0.163. The third kappa shape index (κ3) is 8.17. The van der Waals surface area contributed by atoms with Gasteiger partial charge in [0, 0.05) is 45.5 Å². The molecule has 0 spiro atoms. The van der Waals surface area contributed by atoms with E-state index < -0.39 is 8.07 Å². The largest absolute Gasteiger partial charge is 0.312 e. The van der Waals surface area contributed by atoms with Gasteiger partial charge in [-0.25, -0.2) is 0 Å². The molecule has 0 N–H and O–H groups in total. The van der Waals surface area contributed by atoms with Gasteiger partial charge in [0.05, 0.1) is 5.69 Å². The summed E-state index contributed by atoms with van der Waals surface area (Å²) in [4.78, 5) is 7.99.